The van der Waals surface area contributed by atoms with E-state index in [1.165, 1.54) is 16.7 Å². The zero-order chi connectivity index (χ0) is 27.9. The van der Waals surface area contributed by atoms with E-state index >= 15 is 0 Å². The van der Waals surface area contributed by atoms with Crippen LogP contribution in [0.15, 0.2) is 48.0 Å². The normalized spacial score (nSPS) is 28.2. The minimum Gasteiger partial charge on any atom is -0.491 e. The van der Waals surface area contributed by atoms with E-state index in [1.807, 2.05) is 12.1 Å². The Morgan fingerprint density at radius 1 is 1.07 bits per heavy atom. The number of carbonyl (C=O) groups is 1. The summed E-state index contributed by atoms with van der Waals surface area (Å²) in [6.45, 7) is 1.98. The van der Waals surface area contributed by atoms with Crippen molar-refractivity contribution in [1.29, 1.82) is 0 Å². The van der Waals surface area contributed by atoms with Crippen LogP contribution in [0.3, 0.4) is 0 Å². The number of hydrogen-bond donors (Lipinski definition) is 1. The van der Waals surface area contributed by atoms with E-state index in [9.17, 15) is 13.2 Å². The van der Waals surface area contributed by atoms with E-state index in [1.54, 1.807) is 19.2 Å². The number of hydrogen-bond acceptors (Lipinski definition) is 6. The first-order valence-corrected chi connectivity index (χ1v) is 16.4. The lowest BCUT2D eigenvalue weighted by atomic mass is 9.65. The number of halogens is 1. The number of methoxy groups -OCH3 is 1. The number of allylic oxidation sites excluding steroid dienone is 1. The minimum atomic E-state index is -3.77. The maximum atomic E-state index is 13.2. The van der Waals surface area contributed by atoms with Gasteiger partial charge in [-0.05, 0) is 110 Å². The second kappa shape index (κ2) is 11.4. The number of benzene rings is 2. The molecule has 3 heterocycles. The number of amides is 1. The van der Waals surface area contributed by atoms with Gasteiger partial charge < -0.3 is 14.4 Å². The largest absolute Gasteiger partial charge is 0.491 e. The molecule has 40 heavy (non-hydrogen) atoms. The van der Waals surface area contributed by atoms with Crippen LogP contribution in [0.25, 0.3) is 0 Å². The molecule has 1 saturated carbocycles. The van der Waals surface area contributed by atoms with Crippen molar-refractivity contribution in [3.8, 4) is 5.75 Å². The van der Waals surface area contributed by atoms with E-state index in [0.717, 1.165) is 55.8 Å². The molecule has 3 aliphatic heterocycles. The molecular formula is C31H37ClN2O5S. The average Bonchev–Trinajstić information content (AvgIpc) is 2.91. The first-order chi connectivity index (χ1) is 19.3. The maximum Gasteiger partial charge on any atom is 0.264 e. The molecule has 1 unspecified atom stereocenters. The molecule has 0 aromatic heterocycles. The molecule has 5 aliphatic rings. The number of sulfonamides is 1. The van der Waals surface area contributed by atoms with Gasteiger partial charge in [0.05, 0.1) is 24.2 Å². The minimum absolute atomic E-state index is 0.0521. The molecule has 7 nitrogen and oxygen atoms in total. The van der Waals surface area contributed by atoms with Crippen LogP contribution in [0.4, 0.5) is 5.69 Å². The summed E-state index contributed by atoms with van der Waals surface area (Å²) in [6.07, 6.45) is 8.59. The standard InChI is InChI=1S/C31H37ClN2O5S/c1-38-30-25-14-20(15-25)11-13-40(36,37)33-31(35)22-7-10-29-28(17-22)34(19-24-6-9-27(24)30)18-23-5-8-26(32)16-21(23)4-2-3-12-39-29/h5,7-8,10,14,16-17,20,24,27,30H,2-4,6,9,11-13,15,18-19H2,1H3,(H,33,35)/t20?,24-,27+,30-/m0/s1. The fourth-order valence-corrected chi connectivity index (χ4v) is 8.00. The predicted molar refractivity (Wildman–Crippen MR) is 156 cm³/mol. The van der Waals surface area contributed by atoms with Crippen LogP contribution in [-0.2, 0) is 27.7 Å². The fraction of sp³-hybridized carbons (Fsp3) is 0.516. The Kier molecular flexibility index (Phi) is 7.85. The fourth-order valence-electron chi connectivity index (χ4n) is 6.69. The number of aryl methyl sites for hydroxylation is 1. The topological polar surface area (TPSA) is 84.9 Å². The van der Waals surface area contributed by atoms with Crippen LogP contribution in [0.2, 0.25) is 5.02 Å². The Hall–Kier alpha value is -2.55. The van der Waals surface area contributed by atoms with Crippen molar-refractivity contribution in [3.05, 3.63) is 69.8 Å². The molecule has 2 aliphatic carbocycles. The molecule has 4 bridgehead atoms. The van der Waals surface area contributed by atoms with Crippen LogP contribution < -0.4 is 14.4 Å². The highest BCUT2D eigenvalue weighted by atomic mass is 35.5. The Morgan fingerprint density at radius 3 is 2.70 bits per heavy atom. The van der Waals surface area contributed by atoms with Crippen LogP contribution in [0, 0.1) is 17.8 Å². The van der Waals surface area contributed by atoms with Gasteiger partial charge >= 0.3 is 0 Å². The molecule has 1 amide bonds. The number of anilines is 1. The number of ether oxygens (including phenoxy) is 2. The lowest BCUT2D eigenvalue weighted by Gasteiger charge is -2.46. The van der Waals surface area contributed by atoms with Crippen molar-refractivity contribution in [2.75, 3.05) is 30.9 Å². The highest BCUT2D eigenvalue weighted by Crippen LogP contribution is 2.46. The second-order valence-corrected chi connectivity index (χ2v) is 14.0. The second-order valence-electron chi connectivity index (χ2n) is 11.7. The van der Waals surface area contributed by atoms with Gasteiger partial charge in [0, 0.05) is 30.8 Å². The van der Waals surface area contributed by atoms with Gasteiger partial charge in [0.1, 0.15) is 5.75 Å². The first kappa shape index (κ1) is 27.6. The van der Waals surface area contributed by atoms with Crippen molar-refractivity contribution < 1.29 is 22.7 Å². The average molecular weight is 585 g/mol. The molecule has 1 N–H and O–H groups in total. The third kappa shape index (κ3) is 5.76. The Labute approximate surface area is 241 Å². The molecule has 214 valence electrons. The monoisotopic (exact) mass is 584 g/mol. The smallest absolute Gasteiger partial charge is 0.264 e. The third-order valence-electron chi connectivity index (χ3n) is 9.08. The summed E-state index contributed by atoms with van der Waals surface area (Å²) in [5.74, 6) is 1.03. The van der Waals surface area contributed by atoms with Gasteiger partial charge in [-0.25, -0.2) is 13.1 Å². The van der Waals surface area contributed by atoms with Gasteiger partial charge in [-0.3, -0.25) is 4.79 Å². The summed E-state index contributed by atoms with van der Waals surface area (Å²) in [4.78, 5) is 15.5. The van der Waals surface area contributed by atoms with Gasteiger partial charge in [0.25, 0.3) is 5.91 Å². The summed E-state index contributed by atoms with van der Waals surface area (Å²) in [6, 6.07) is 11.4. The van der Waals surface area contributed by atoms with E-state index in [4.69, 9.17) is 21.1 Å². The van der Waals surface area contributed by atoms with Gasteiger partial charge in [-0.1, -0.05) is 23.7 Å². The highest BCUT2D eigenvalue weighted by Gasteiger charge is 2.42. The summed E-state index contributed by atoms with van der Waals surface area (Å²) < 4.78 is 40.3. The van der Waals surface area contributed by atoms with E-state index in [0.29, 0.717) is 42.7 Å². The quantitative estimate of drug-likeness (QED) is 0.445. The molecule has 9 heteroatoms. The Balaban J connectivity index is 1.43. The number of nitrogens with one attached hydrogen (secondary N) is 1. The van der Waals surface area contributed by atoms with Gasteiger partial charge in [0.2, 0.25) is 10.0 Å². The van der Waals surface area contributed by atoms with Crippen LogP contribution in [0.5, 0.6) is 5.75 Å². The van der Waals surface area contributed by atoms with E-state index < -0.39 is 15.9 Å². The van der Waals surface area contributed by atoms with Crippen LogP contribution in [0.1, 0.15) is 60.0 Å². The molecule has 1 fully saturated rings. The molecule has 4 atom stereocenters. The molecule has 0 radical (unpaired) electrons. The predicted octanol–water partition coefficient (Wildman–Crippen LogP) is 5.51. The third-order valence-corrected chi connectivity index (χ3v) is 10.6. The summed E-state index contributed by atoms with van der Waals surface area (Å²) in [5, 5.41) is 0.729. The van der Waals surface area contributed by atoms with Gasteiger partial charge in [0.15, 0.2) is 0 Å². The number of nitrogens with zero attached hydrogens (tertiary/aromatic N) is 1. The number of carbonyl (C=O) groups excluding carboxylic acids is 1. The molecule has 0 saturated heterocycles. The molecule has 0 spiro atoms. The van der Waals surface area contributed by atoms with Crippen molar-refractivity contribution >= 4 is 33.2 Å². The van der Waals surface area contributed by atoms with Crippen molar-refractivity contribution in [1.82, 2.24) is 4.72 Å². The molecule has 2 aromatic carbocycles. The summed E-state index contributed by atoms with van der Waals surface area (Å²) in [5.41, 5.74) is 4.82. The van der Waals surface area contributed by atoms with Crippen LogP contribution >= 0.6 is 11.6 Å². The Morgan fingerprint density at radius 2 is 1.93 bits per heavy atom. The number of rotatable bonds is 1. The maximum absolute atomic E-state index is 13.2. The van der Waals surface area contributed by atoms with Gasteiger partial charge in [-0.15, -0.1) is 0 Å². The zero-order valence-corrected chi connectivity index (χ0v) is 24.5. The van der Waals surface area contributed by atoms with E-state index in [2.05, 4.69) is 27.8 Å². The van der Waals surface area contributed by atoms with Crippen LogP contribution in [-0.4, -0.2) is 46.4 Å². The number of fused-ring (bicyclic) bond motifs is 5. The lowest BCUT2D eigenvalue weighted by Crippen LogP contribution is -2.46. The first-order valence-electron chi connectivity index (χ1n) is 14.4. The SMILES string of the molecule is CO[C@H]1C2=CC(CCS(=O)(=O)NC(=O)c3ccc4c(c3)N(Cc3ccc(Cl)cc3CCCCO4)C[C@@H]3CC[C@H]31)C2. The van der Waals surface area contributed by atoms with Crippen molar-refractivity contribution in [2.45, 2.75) is 57.6 Å². The Bertz CT molecular complexity index is 1420. The van der Waals surface area contributed by atoms with Crippen molar-refractivity contribution in [2.24, 2.45) is 17.8 Å². The molecule has 2 aromatic rings. The van der Waals surface area contributed by atoms with E-state index in [-0.39, 0.29) is 17.8 Å². The lowest BCUT2D eigenvalue weighted by molar-refractivity contribution is 0.000675. The summed E-state index contributed by atoms with van der Waals surface area (Å²) >= 11 is 6.40. The zero-order valence-electron chi connectivity index (χ0n) is 22.9. The molecule has 7 rings (SSSR count). The van der Waals surface area contributed by atoms with Gasteiger partial charge in [-0.2, -0.15) is 0 Å². The van der Waals surface area contributed by atoms with Crippen molar-refractivity contribution in [3.63, 3.8) is 0 Å². The summed E-state index contributed by atoms with van der Waals surface area (Å²) in [7, 11) is -1.98. The highest BCUT2D eigenvalue weighted by molar-refractivity contribution is 7.90. The molecular weight excluding hydrogens is 548 g/mol.